The molecule has 0 saturated carbocycles. The molecule has 33 heavy (non-hydrogen) atoms. The first-order valence-corrected chi connectivity index (χ1v) is 11.2. The third-order valence-electron chi connectivity index (χ3n) is 4.27. The summed E-state index contributed by atoms with van der Waals surface area (Å²) in [5, 5.41) is 2.46. The quantitative estimate of drug-likeness (QED) is 0.287. The van der Waals surface area contributed by atoms with E-state index in [0.29, 0.717) is 6.42 Å². The van der Waals surface area contributed by atoms with Crippen LogP contribution in [0.2, 0.25) is 0 Å². The van der Waals surface area contributed by atoms with E-state index in [1.165, 1.54) is 4.90 Å². The van der Waals surface area contributed by atoms with Gasteiger partial charge in [0.15, 0.2) is 0 Å². The van der Waals surface area contributed by atoms with Gasteiger partial charge < -0.3 is 24.4 Å². The fourth-order valence-electron chi connectivity index (χ4n) is 2.84. The average Bonchev–Trinajstić information content (AvgIpc) is 2.72. The lowest BCUT2D eigenvalue weighted by molar-refractivity contribution is -0.157. The summed E-state index contributed by atoms with van der Waals surface area (Å²) in [5.41, 5.74) is 0.0118. The van der Waals surface area contributed by atoms with Crippen molar-refractivity contribution in [2.24, 2.45) is 0 Å². The van der Waals surface area contributed by atoms with Crippen molar-refractivity contribution in [3.63, 3.8) is 0 Å². The molecule has 184 valence electrons. The third kappa shape index (κ3) is 11.9. The number of carbonyl (C=O) groups excluding carboxylic acids is 4. The number of rotatable bonds is 12. The monoisotopic (exact) mass is 464 g/mol. The normalized spacial score (nSPS) is 11.8. The van der Waals surface area contributed by atoms with Gasteiger partial charge >= 0.3 is 18.0 Å². The van der Waals surface area contributed by atoms with E-state index in [4.69, 9.17) is 14.2 Å². The number of nitrogens with zero attached hydrogens (tertiary/aromatic N) is 1. The van der Waals surface area contributed by atoms with Gasteiger partial charge in [-0.25, -0.2) is 4.79 Å². The Labute approximate surface area is 195 Å². The first kappa shape index (κ1) is 27.9. The Bertz CT molecular complexity index is 775. The second kappa shape index (κ2) is 14.1. The van der Waals surface area contributed by atoms with Crippen molar-refractivity contribution in [1.29, 1.82) is 0 Å². The average molecular weight is 465 g/mol. The summed E-state index contributed by atoms with van der Waals surface area (Å²) in [7, 11) is 0. The van der Waals surface area contributed by atoms with E-state index in [1.54, 1.807) is 39.8 Å². The number of unbranched alkanes of at least 4 members (excludes halogenated alkanes) is 1. The van der Waals surface area contributed by atoms with E-state index >= 15 is 0 Å². The summed E-state index contributed by atoms with van der Waals surface area (Å²) in [6, 6.07) is 7.79. The van der Waals surface area contributed by atoms with Crippen molar-refractivity contribution < 1.29 is 33.4 Å². The van der Waals surface area contributed by atoms with Gasteiger partial charge in [-0.1, -0.05) is 43.7 Å². The Morgan fingerprint density at radius 2 is 1.67 bits per heavy atom. The number of esters is 2. The molecule has 1 rings (SSSR count). The summed E-state index contributed by atoms with van der Waals surface area (Å²) >= 11 is 0. The van der Waals surface area contributed by atoms with Crippen LogP contribution in [-0.2, 0) is 35.1 Å². The number of amides is 2. The van der Waals surface area contributed by atoms with E-state index in [9.17, 15) is 19.2 Å². The van der Waals surface area contributed by atoms with Crippen molar-refractivity contribution in [1.82, 2.24) is 10.2 Å². The lowest BCUT2D eigenvalue weighted by Crippen LogP contribution is -2.51. The second-order valence-corrected chi connectivity index (χ2v) is 8.46. The van der Waals surface area contributed by atoms with Crippen molar-refractivity contribution in [2.45, 2.75) is 72.1 Å². The van der Waals surface area contributed by atoms with Gasteiger partial charge in [0.05, 0.1) is 19.6 Å². The fraction of sp³-hybridized carbons (Fsp3) is 0.583. The Hall–Kier alpha value is -3.10. The van der Waals surface area contributed by atoms with Crippen LogP contribution in [0.5, 0.6) is 0 Å². The van der Waals surface area contributed by atoms with Gasteiger partial charge in [0.2, 0.25) is 5.91 Å². The topological polar surface area (TPSA) is 111 Å². The van der Waals surface area contributed by atoms with Crippen LogP contribution in [-0.4, -0.2) is 60.2 Å². The van der Waals surface area contributed by atoms with E-state index in [2.05, 4.69) is 5.32 Å². The number of ether oxygens (including phenoxy) is 3. The molecule has 1 N–H and O–H groups in total. The number of hydrogen-bond acceptors (Lipinski definition) is 7. The highest BCUT2D eigenvalue weighted by molar-refractivity contribution is 5.91. The Morgan fingerprint density at radius 1 is 1.00 bits per heavy atom. The largest absolute Gasteiger partial charge is 0.465 e. The van der Waals surface area contributed by atoms with E-state index in [0.717, 1.165) is 12.0 Å². The summed E-state index contributed by atoms with van der Waals surface area (Å²) < 4.78 is 15.4. The first-order chi connectivity index (χ1) is 15.6. The zero-order valence-electron chi connectivity index (χ0n) is 20.2. The van der Waals surface area contributed by atoms with Gasteiger partial charge in [-0.05, 0) is 39.7 Å². The molecule has 1 aromatic rings. The first-order valence-electron chi connectivity index (χ1n) is 11.2. The molecule has 0 aliphatic carbocycles. The smallest absolute Gasteiger partial charge is 0.407 e. The van der Waals surface area contributed by atoms with E-state index in [1.807, 2.05) is 25.1 Å². The van der Waals surface area contributed by atoms with Crippen LogP contribution in [0.25, 0.3) is 0 Å². The Morgan fingerprint density at radius 3 is 2.24 bits per heavy atom. The molecule has 0 spiro atoms. The molecule has 9 heteroatoms. The van der Waals surface area contributed by atoms with Gasteiger partial charge in [0.25, 0.3) is 0 Å². The zero-order valence-corrected chi connectivity index (χ0v) is 20.2. The predicted molar refractivity (Wildman–Crippen MR) is 122 cm³/mol. The van der Waals surface area contributed by atoms with E-state index in [-0.39, 0.29) is 26.3 Å². The second-order valence-electron chi connectivity index (χ2n) is 8.46. The molecule has 9 nitrogen and oxygen atoms in total. The maximum Gasteiger partial charge on any atom is 0.407 e. The van der Waals surface area contributed by atoms with E-state index < -0.39 is 42.0 Å². The van der Waals surface area contributed by atoms with Crippen LogP contribution >= 0.6 is 0 Å². The molecular formula is C24H36N2O7. The van der Waals surface area contributed by atoms with Gasteiger partial charge in [0, 0.05) is 6.54 Å². The van der Waals surface area contributed by atoms with Crippen LogP contribution in [0.3, 0.4) is 0 Å². The molecule has 0 aromatic heterocycles. The highest BCUT2D eigenvalue weighted by Crippen LogP contribution is 2.13. The molecule has 1 aromatic carbocycles. The zero-order chi connectivity index (χ0) is 24.9. The number of carbonyl (C=O) groups is 4. The van der Waals surface area contributed by atoms with Crippen LogP contribution in [0.1, 0.15) is 59.4 Å². The number of benzene rings is 1. The molecular weight excluding hydrogens is 428 g/mol. The van der Waals surface area contributed by atoms with Gasteiger partial charge in [-0.15, -0.1) is 0 Å². The molecule has 2 amide bonds. The van der Waals surface area contributed by atoms with Crippen molar-refractivity contribution in [2.75, 3.05) is 19.8 Å². The third-order valence-corrected chi connectivity index (χ3v) is 4.27. The summed E-state index contributed by atoms with van der Waals surface area (Å²) in [5.74, 6) is -1.88. The standard InChI is InChI=1S/C24H36N2O7/c1-6-8-14-32-23(30)25-19(15-20(27)33-24(3,4)5)22(29)26(17-21(28)31-7-2)16-18-12-10-9-11-13-18/h9-13,19H,6-8,14-17H2,1-5H3,(H,25,30)/t19-/m0/s1. The van der Waals surface area contributed by atoms with Crippen molar-refractivity contribution >= 4 is 23.9 Å². The fourth-order valence-corrected chi connectivity index (χ4v) is 2.84. The number of nitrogens with one attached hydrogen (secondary N) is 1. The summed E-state index contributed by atoms with van der Waals surface area (Å²) in [6.07, 6.45) is 0.271. The minimum Gasteiger partial charge on any atom is -0.465 e. The molecule has 0 aliphatic rings. The van der Waals surface area contributed by atoms with Gasteiger partial charge in [0.1, 0.15) is 18.2 Å². The molecule has 0 aliphatic heterocycles. The Kier molecular flexibility index (Phi) is 12.0. The van der Waals surface area contributed by atoms with Crippen LogP contribution in [0, 0.1) is 0 Å². The maximum atomic E-state index is 13.4. The summed E-state index contributed by atoms with van der Waals surface area (Å²) in [6.45, 7) is 8.84. The molecule has 0 unspecified atom stereocenters. The lowest BCUT2D eigenvalue weighted by atomic mass is 10.1. The van der Waals surface area contributed by atoms with Crippen LogP contribution in [0.4, 0.5) is 4.79 Å². The summed E-state index contributed by atoms with van der Waals surface area (Å²) in [4.78, 5) is 51.5. The van der Waals surface area contributed by atoms with Crippen LogP contribution < -0.4 is 5.32 Å². The van der Waals surface area contributed by atoms with Gasteiger partial charge in [-0.3, -0.25) is 14.4 Å². The highest BCUT2D eigenvalue weighted by atomic mass is 16.6. The minimum absolute atomic E-state index is 0.0931. The van der Waals surface area contributed by atoms with Crippen molar-refractivity contribution in [3.05, 3.63) is 35.9 Å². The maximum absolute atomic E-state index is 13.4. The number of hydrogen-bond donors (Lipinski definition) is 1. The predicted octanol–water partition coefficient (Wildman–Crippen LogP) is 3.21. The molecule has 0 bridgehead atoms. The van der Waals surface area contributed by atoms with Crippen LogP contribution in [0.15, 0.2) is 30.3 Å². The minimum atomic E-state index is -1.27. The molecule has 0 heterocycles. The molecule has 0 radical (unpaired) electrons. The van der Waals surface area contributed by atoms with Gasteiger partial charge in [-0.2, -0.15) is 0 Å². The number of alkyl carbamates (subject to hydrolysis) is 1. The SMILES string of the molecule is CCCCOC(=O)N[C@@H](CC(=O)OC(C)(C)C)C(=O)N(CC(=O)OCC)Cc1ccccc1. The van der Waals surface area contributed by atoms with Crippen molar-refractivity contribution in [3.8, 4) is 0 Å². The molecule has 0 fully saturated rings. The molecule has 1 atom stereocenters. The lowest BCUT2D eigenvalue weighted by Gasteiger charge is -2.28. The Balaban J connectivity index is 3.09. The highest BCUT2D eigenvalue weighted by Gasteiger charge is 2.32. The molecule has 0 saturated heterocycles.